The van der Waals surface area contributed by atoms with Crippen molar-refractivity contribution >= 4 is 22.7 Å². The zero-order chi connectivity index (χ0) is 11.1. The lowest BCUT2D eigenvalue weighted by Gasteiger charge is -2.16. The van der Waals surface area contributed by atoms with E-state index in [2.05, 4.69) is 16.9 Å². The number of nitrogens with zero attached hydrogens (tertiary/aromatic N) is 2. The van der Waals surface area contributed by atoms with Crippen molar-refractivity contribution in [1.82, 2.24) is 9.88 Å². The van der Waals surface area contributed by atoms with E-state index in [0.717, 1.165) is 29.8 Å². The highest BCUT2D eigenvalue weighted by Crippen LogP contribution is 2.33. The van der Waals surface area contributed by atoms with Gasteiger partial charge in [-0.1, -0.05) is 11.6 Å². The molecule has 0 amide bonds. The van der Waals surface area contributed by atoms with E-state index in [4.69, 9.17) is 16.0 Å². The minimum atomic E-state index is 0.396. The molecule has 2 aromatic rings. The second-order valence-corrected chi connectivity index (χ2v) is 4.69. The Bertz CT molecular complexity index is 523. The van der Waals surface area contributed by atoms with E-state index in [1.54, 1.807) is 6.07 Å². The number of hydrogen-bond donors (Lipinski definition) is 0. The van der Waals surface area contributed by atoms with Crippen molar-refractivity contribution in [3.05, 3.63) is 29.1 Å². The van der Waals surface area contributed by atoms with Crippen LogP contribution in [0.3, 0.4) is 0 Å². The molecule has 3 heterocycles. The molecule has 1 fully saturated rings. The monoisotopic (exact) mass is 236 g/mol. The van der Waals surface area contributed by atoms with E-state index in [1.165, 1.54) is 6.42 Å². The molecule has 1 atom stereocenters. The first-order valence-corrected chi connectivity index (χ1v) is 5.88. The van der Waals surface area contributed by atoms with Gasteiger partial charge in [-0.05, 0) is 38.6 Å². The summed E-state index contributed by atoms with van der Waals surface area (Å²) in [6.07, 6.45) is 2.39. The molecule has 0 unspecified atom stereocenters. The number of aromatic nitrogens is 1. The fraction of sp³-hybridized carbons (Fsp3) is 0.417. The first-order chi connectivity index (χ1) is 7.74. The van der Waals surface area contributed by atoms with Crippen LogP contribution in [-0.4, -0.2) is 23.5 Å². The fourth-order valence-corrected chi connectivity index (χ4v) is 2.51. The molecule has 1 aliphatic heterocycles. The third-order valence-corrected chi connectivity index (χ3v) is 3.42. The number of halogens is 1. The lowest BCUT2D eigenvalue weighted by molar-refractivity contribution is 0.281. The van der Waals surface area contributed by atoms with Crippen LogP contribution in [0.1, 0.15) is 24.6 Å². The summed E-state index contributed by atoms with van der Waals surface area (Å²) in [4.78, 5) is 6.56. The van der Waals surface area contributed by atoms with Crippen LogP contribution in [0.5, 0.6) is 0 Å². The molecule has 0 saturated carbocycles. The number of rotatable bonds is 1. The maximum atomic E-state index is 5.85. The number of hydrogen-bond acceptors (Lipinski definition) is 3. The fourth-order valence-electron chi connectivity index (χ4n) is 2.35. The molecule has 0 aliphatic carbocycles. The Labute approximate surface area is 99.0 Å². The van der Waals surface area contributed by atoms with Gasteiger partial charge < -0.3 is 4.42 Å². The van der Waals surface area contributed by atoms with Crippen LogP contribution in [-0.2, 0) is 0 Å². The molecular weight excluding hydrogens is 224 g/mol. The van der Waals surface area contributed by atoms with Gasteiger partial charge in [-0.2, -0.15) is 0 Å². The van der Waals surface area contributed by atoms with Crippen molar-refractivity contribution < 1.29 is 4.42 Å². The number of fused-ring (bicyclic) bond motifs is 1. The maximum absolute atomic E-state index is 5.85. The summed E-state index contributed by atoms with van der Waals surface area (Å²) in [5.74, 6) is 1.00. The number of likely N-dealkylation sites (tertiary alicyclic amines) is 1. The summed E-state index contributed by atoms with van der Waals surface area (Å²) < 4.78 is 5.81. The predicted molar refractivity (Wildman–Crippen MR) is 63.6 cm³/mol. The van der Waals surface area contributed by atoms with Crippen LogP contribution in [0, 0.1) is 0 Å². The number of pyridine rings is 1. The molecule has 0 bridgehead atoms. The van der Waals surface area contributed by atoms with Gasteiger partial charge in [0.1, 0.15) is 16.4 Å². The Kier molecular flexibility index (Phi) is 2.37. The molecule has 0 aromatic carbocycles. The summed E-state index contributed by atoms with van der Waals surface area (Å²) in [6, 6.07) is 6.04. The summed E-state index contributed by atoms with van der Waals surface area (Å²) in [7, 11) is 2.13. The molecule has 2 aromatic heterocycles. The average Bonchev–Trinajstić information content (AvgIpc) is 2.82. The third kappa shape index (κ3) is 1.60. The summed E-state index contributed by atoms with van der Waals surface area (Å²) in [5, 5.41) is 0.514. The van der Waals surface area contributed by atoms with Crippen molar-refractivity contribution in [2.24, 2.45) is 0 Å². The smallest absolute Gasteiger partial charge is 0.152 e. The third-order valence-electron chi connectivity index (χ3n) is 3.21. The normalized spacial score (nSPS) is 22.0. The van der Waals surface area contributed by atoms with Crippen LogP contribution in [0.2, 0.25) is 5.15 Å². The lowest BCUT2D eigenvalue weighted by Crippen LogP contribution is -2.16. The summed E-state index contributed by atoms with van der Waals surface area (Å²) in [5.41, 5.74) is 1.67. The SMILES string of the molecule is CN1CCC[C@@H]1c1cc2nc(Cl)ccc2o1. The largest absolute Gasteiger partial charge is 0.458 e. The predicted octanol–water partition coefficient (Wildman–Crippen LogP) is 3.25. The summed E-state index contributed by atoms with van der Waals surface area (Å²) >= 11 is 5.85. The van der Waals surface area contributed by atoms with Crippen LogP contribution in [0.25, 0.3) is 11.1 Å². The Hall–Kier alpha value is -1.06. The van der Waals surface area contributed by atoms with Crippen molar-refractivity contribution in [3.8, 4) is 0 Å². The molecule has 1 aliphatic rings. The highest BCUT2D eigenvalue weighted by molar-refractivity contribution is 6.29. The van der Waals surface area contributed by atoms with Crippen molar-refractivity contribution in [2.75, 3.05) is 13.6 Å². The molecule has 0 radical (unpaired) electrons. The van der Waals surface area contributed by atoms with E-state index >= 15 is 0 Å². The second-order valence-electron chi connectivity index (χ2n) is 4.30. The van der Waals surface area contributed by atoms with Crippen molar-refractivity contribution in [3.63, 3.8) is 0 Å². The number of furan rings is 1. The minimum absolute atomic E-state index is 0.396. The lowest BCUT2D eigenvalue weighted by atomic mass is 10.2. The van der Waals surface area contributed by atoms with Gasteiger partial charge in [-0.25, -0.2) is 4.98 Å². The highest BCUT2D eigenvalue weighted by atomic mass is 35.5. The molecule has 0 spiro atoms. The van der Waals surface area contributed by atoms with Gasteiger partial charge in [0.25, 0.3) is 0 Å². The summed E-state index contributed by atoms with van der Waals surface area (Å²) in [6.45, 7) is 1.13. The maximum Gasteiger partial charge on any atom is 0.152 e. The Balaban J connectivity index is 2.04. The topological polar surface area (TPSA) is 29.3 Å². The van der Waals surface area contributed by atoms with Crippen molar-refractivity contribution in [2.45, 2.75) is 18.9 Å². The Morgan fingerprint density at radius 2 is 2.38 bits per heavy atom. The first-order valence-electron chi connectivity index (χ1n) is 5.50. The Morgan fingerprint density at radius 3 is 3.12 bits per heavy atom. The minimum Gasteiger partial charge on any atom is -0.458 e. The van der Waals surface area contributed by atoms with E-state index in [1.807, 2.05) is 12.1 Å². The van der Waals surface area contributed by atoms with E-state index in [9.17, 15) is 0 Å². The highest BCUT2D eigenvalue weighted by Gasteiger charge is 2.25. The van der Waals surface area contributed by atoms with E-state index in [0.29, 0.717) is 11.2 Å². The van der Waals surface area contributed by atoms with Crippen LogP contribution in [0.15, 0.2) is 22.6 Å². The standard InChI is InChI=1S/C12H13ClN2O/c1-15-6-2-3-9(15)11-7-8-10(16-11)4-5-12(13)14-8/h4-5,7,9H,2-3,6H2,1H3/t9-/m1/s1. The van der Waals surface area contributed by atoms with Gasteiger partial charge >= 0.3 is 0 Å². The zero-order valence-corrected chi connectivity index (χ0v) is 9.87. The van der Waals surface area contributed by atoms with Gasteiger partial charge in [0.2, 0.25) is 0 Å². The molecule has 16 heavy (non-hydrogen) atoms. The van der Waals surface area contributed by atoms with E-state index < -0.39 is 0 Å². The second kappa shape index (κ2) is 3.75. The van der Waals surface area contributed by atoms with Gasteiger partial charge in [0.05, 0.1) is 6.04 Å². The molecule has 84 valence electrons. The van der Waals surface area contributed by atoms with Crippen LogP contribution < -0.4 is 0 Å². The molecule has 1 saturated heterocycles. The van der Waals surface area contributed by atoms with Gasteiger partial charge in [-0.3, -0.25) is 4.90 Å². The average molecular weight is 237 g/mol. The quantitative estimate of drug-likeness (QED) is 0.712. The molecule has 3 rings (SSSR count). The van der Waals surface area contributed by atoms with Gasteiger partial charge in [-0.15, -0.1) is 0 Å². The van der Waals surface area contributed by atoms with Crippen molar-refractivity contribution in [1.29, 1.82) is 0 Å². The Morgan fingerprint density at radius 1 is 1.50 bits per heavy atom. The van der Waals surface area contributed by atoms with Crippen LogP contribution >= 0.6 is 11.6 Å². The molecule has 4 heteroatoms. The zero-order valence-electron chi connectivity index (χ0n) is 9.11. The molecule has 3 nitrogen and oxygen atoms in total. The molecular formula is C12H13ClN2O. The van der Waals surface area contributed by atoms with E-state index in [-0.39, 0.29) is 0 Å². The molecule has 0 N–H and O–H groups in total. The first kappa shape index (κ1) is 10.1. The van der Waals surface area contributed by atoms with Crippen LogP contribution in [0.4, 0.5) is 0 Å². The van der Waals surface area contributed by atoms with Gasteiger partial charge in [0.15, 0.2) is 5.58 Å². The van der Waals surface area contributed by atoms with Gasteiger partial charge in [0, 0.05) is 6.07 Å².